The molecule has 1 aliphatic heterocycles. The van der Waals surface area contributed by atoms with Gasteiger partial charge in [-0.15, -0.1) is 10.2 Å². The smallest absolute Gasteiger partial charge is 0.257 e. The van der Waals surface area contributed by atoms with E-state index in [9.17, 15) is 8.42 Å². The number of sulfonamides is 1. The van der Waals surface area contributed by atoms with Gasteiger partial charge in [0.2, 0.25) is 16.0 Å². The number of nitrogens with one attached hydrogen (secondary N) is 1. The van der Waals surface area contributed by atoms with Crippen LogP contribution in [0.15, 0.2) is 49.2 Å². The third-order valence-corrected chi connectivity index (χ3v) is 8.14. The monoisotopic (exact) mass is 586 g/mol. The van der Waals surface area contributed by atoms with E-state index in [-0.39, 0.29) is 30.4 Å². The van der Waals surface area contributed by atoms with Gasteiger partial charge in [-0.1, -0.05) is 11.6 Å². The van der Waals surface area contributed by atoms with Gasteiger partial charge in [-0.3, -0.25) is 14.3 Å². The summed E-state index contributed by atoms with van der Waals surface area (Å²) in [7, 11) is -2.64. The molecule has 5 heterocycles. The Labute approximate surface area is 236 Å². The van der Waals surface area contributed by atoms with E-state index in [0.717, 1.165) is 5.56 Å². The zero-order chi connectivity index (χ0) is 28.4. The summed E-state index contributed by atoms with van der Waals surface area (Å²) >= 11 is 5.95. The zero-order valence-corrected chi connectivity index (χ0v) is 23.7. The molecule has 0 spiro atoms. The molecule has 0 aliphatic carbocycles. The first-order valence-corrected chi connectivity index (χ1v) is 14.3. The first kappa shape index (κ1) is 27.7. The number of pyridine rings is 2. The Bertz CT molecular complexity index is 1580. The number of hydrogen-bond donors (Lipinski definition) is 1. The number of fused-ring (bicyclic) bond motifs is 3. The van der Waals surface area contributed by atoms with E-state index in [1.165, 1.54) is 26.4 Å². The lowest BCUT2D eigenvalue weighted by Gasteiger charge is -2.26. The molecule has 0 radical (unpaired) electrons. The van der Waals surface area contributed by atoms with Crippen LogP contribution in [0.5, 0.6) is 11.6 Å². The lowest BCUT2D eigenvalue weighted by atomic mass is 10.1. The second-order valence-electron chi connectivity index (χ2n) is 9.24. The van der Waals surface area contributed by atoms with Gasteiger partial charge in [0.25, 0.3) is 5.88 Å². The highest BCUT2D eigenvalue weighted by molar-refractivity contribution is 7.93. The molecule has 13 nitrogen and oxygen atoms in total. The van der Waals surface area contributed by atoms with Crippen molar-refractivity contribution in [2.45, 2.75) is 44.3 Å². The molecule has 4 aromatic rings. The van der Waals surface area contributed by atoms with E-state index in [2.05, 4.69) is 34.9 Å². The Balaban J connectivity index is 1.57. The standard InChI is InChI=1S/C25H27ClN8O5S/c1-14(2)39-20(22-29-11-17(26)12-30-22)15(3)40(35,36)33-25-32-31-23-18-7-10-28-24(37-4)21(18)38-13-19(34(23)25)16-5-8-27-9-6-16/h5-12,14-15,19-20H,13H2,1-4H3,(H,32,33)/t15-,19-,20+/m0/s1. The lowest BCUT2D eigenvalue weighted by Crippen LogP contribution is -2.35. The Morgan fingerprint density at radius 3 is 2.48 bits per heavy atom. The minimum Gasteiger partial charge on any atom is -0.485 e. The Kier molecular flexibility index (Phi) is 7.83. The van der Waals surface area contributed by atoms with Gasteiger partial charge in [0, 0.05) is 31.0 Å². The number of anilines is 1. The SMILES string of the molecule is COc1nccc2c1OC[C@@H](c1ccncc1)n1c(NS(=O)(=O)[C@@H](C)[C@@H](OC(C)C)c3ncc(Cl)cn3)nnc1-2. The third kappa shape index (κ3) is 5.42. The molecule has 0 bridgehead atoms. The van der Waals surface area contributed by atoms with Crippen LogP contribution in [0.25, 0.3) is 11.4 Å². The van der Waals surface area contributed by atoms with Crippen LogP contribution < -0.4 is 14.2 Å². The summed E-state index contributed by atoms with van der Waals surface area (Å²) < 4.78 is 49.4. The molecule has 5 rings (SSSR count). The van der Waals surface area contributed by atoms with Crippen molar-refractivity contribution in [2.24, 2.45) is 0 Å². The van der Waals surface area contributed by atoms with Crippen molar-refractivity contribution in [1.29, 1.82) is 0 Å². The van der Waals surface area contributed by atoms with Gasteiger partial charge >= 0.3 is 0 Å². The molecule has 0 amide bonds. The number of methoxy groups -OCH3 is 1. The van der Waals surface area contributed by atoms with Gasteiger partial charge in [-0.2, -0.15) is 0 Å². The molecule has 0 saturated heterocycles. The summed E-state index contributed by atoms with van der Waals surface area (Å²) in [5.74, 6) is 1.21. The molecule has 15 heteroatoms. The van der Waals surface area contributed by atoms with Crippen molar-refractivity contribution in [3.05, 3.63) is 65.6 Å². The Hall–Kier alpha value is -3.88. The van der Waals surface area contributed by atoms with Crippen LogP contribution in [0, 0.1) is 0 Å². The van der Waals surface area contributed by atoms with Gasteiger partial charge in [0.1, 0.15) is 18.0 Å². The molecule has 0 aromatic carbocycles. The first-order chi connectivity index (χ1) is 19.2. The number of ether oxygens (including phenoxy) is 3. The average Bonchev–Trinajstić information content (AvgIpc) is 3.26. The number of nitrogens with zero attached hydrogens (tertiary/aromatic N) is 7. The fourth-order valence-electron chi connectivity index (χ4n) is 4.32. The van der Waals surface area contributed by atoms with Gasteiger partial charge in [0.05, 0.1) is 29.8 Å². The highest BCUT2D eigenvalue weighted by Gasteiger charge is 2.37. The molecule has 4 aromatic heterocycles. The second kappa shape index (κ2) is 11.3. The largest absolute Gasteiger partial charge is 0.485 e. The molecule has 1 aliphatic rings. The van der Waals surface area contributed by atoms with Gasteiger partial charge < -0.3 is 14.2 Å². The van der Waals surface area contributed by atoms with Crippen LogP contribution in [0.1, 0.15) is 44.3 Å². The fraction of sp³-hybridized carbons (Fsp3) is 0.360. The molecule has 0 unspecified atom stereocenters. The van der Waals surface area contributed by atoms with Crippen LogP contribution in [0.2, 0.25) is 5.02 Å². The van der Waals surface area contributed by atoms with E-state index in [1.54, 1.807) is 43.1 Å². The van der Waals surface area contributed by atoms with Crippen molar-refractivity contribution in [2.75, 3.05) is 18.4 Å². The van der Waals surface area contributed by atoms with Gasteiger partial charge in [-0.25, -0.2) is 23.4 Å². The molecule has 40 heavy (non-hydrogen) atoms. The Morgan fingerprint density at radius 2 is 1.80 bits per heavy atom. The van der Waals surface area contributed by atoms with Crippen molar-refractivity contribution in [3.63, 3.8) is 0 Å². The summed E-state index contributed by atoms with van der Waals surface area (Å²) in [6, 6.07) is 4.82. The average molecular weight is 587 g/mol. The van der Waals surface area contributed by atoms with Crippen LogP contribution >= 0.6 is 11.6 Å². The second-order valence-corrected chi connectivity index (χ2v) is 11.7. The van der Waals surface area contributed by atoms with Crippen molar-refractivity contribution in [3.8, 4) is 23.0 Å². The summed E-state index contributed by atoms with van der Waals surface area (Å²) in [5, 5.41) is 7.79. The number of aromatic nitrogens is 7. The van der Waals surface area contributed by atoms with Crippen molar-refractivity contribution >= 4 is 27.6 Å². The molecule has 1 N–H and O–H groups in total. The summed E-state index contributed by atoms with van der Waals surface area (Å²) in [6.07, 6.45) is 6.34. The molecule has 3 atom stereocenters. The topological polar surface area (TPSA) is 156 Å². The van der Waals surface area contributed by atoms with Crippen molar-refractivity contribution < 1.29 is 22.6 Å². The zero-order valence-electron chi connectivity index (χ0n) is 22.1. The summed E-state index contributed by atoms with van der Waals surface area (Å²) in [5.41, 5.74) is 1.35. The summed E-state index contributed by atoms with van der Waals surface area (Å²) in [4.78, 5) is 16.7. The van der Waals surface area contributed by atoms with Crippen molar-refractivity contribution in [1.82, 2.24) is 34.7 Å². The summed E-state index contributed by atoms with van der Waals surface area (Å²) in [6.45, 7) is 5.23. The normalized spacial score (nSPS) is 16.3. The van der Waals surface area contributed by atoms with E-state index >= 15 is 0 Å². The highest BCUT2D eigenvalue weighted by Crippen LogP contribution is 2.42. The van der Waals surface area contributed by atoms with Crippen LogP contribution in [0.3, 0.4) is 0 Å². The van der Waals surface area contributed by atoms with Crippen LogP contribution in [0.4, 0.5) is 5.95 Å². The Morgan fingerprint density at radius 1 is 1.07 bits per heavy atom. The molecule has 0 saturated carbocycles. The predicted molar refractivity (Wildman–Crippen MR) is 146 cm³/mol. The van der Waals surface area contributed by atoms with Crippen LogP contribution in [-0.4, -0.2) is 68.2 Å². The van der Waals surface area contributed by atoms with Gasteiger partial charge in [-0.05, 0) is 44.5 Å². The first-order valence-electron chi connectivity index (χ1n) is 12.3. The number of hydrogen-bond acceptors (Lipinski definition) is 11. The molecule has 210 valence electrons. The highest BCUT2D eigenvalue weighted by atomic mass is 35.5. The lowest BCUT2D eigenvalue weighted by molar-refractivity contribution is 0.00154. The fourth-order valence-corrected chi connectivity index (χ4v) is 5.51. The molecule has 0 fully saturated rings. The third-order valence-electron chi connectivity index (χ3n) is 6.25. The molecular formula is C25H27ClN8O5S. The maximum atomic E-state index is 13.8. The van der Waals surface area contributed by atoms with E-state index in [1.807, 2.05) is 12.1 Å². The quantitative estimate of drug-likeness (QED) is 0.306. The predicted octanol–water partition coefficient (Wildman–Crippen LogP) is 3.47. The van der Waals surface area contributed by atoms with E-state index in [0.29, 0.717) is 22.2 Å². The number of rotatable bonds is 9. The van der Waals surface area contributed by atoms with E-state index < -0.39 is 27.4 Å². The minimum absolute atomic E-state index is 0.00351. The van der Waals surface area contributed by atoms with Crippen LogP contribution in [-0.2, 0) is 14.8 Å². The maximum absolute atomic E-state index is 13.8. The number of halogens is 1. The minimum atomic E-state index is -4.13. The van der Waals surface area contributed by atoms with E-state index in [4.69, 9.17) is 25.8 Å². The van der Waals surface area contributed by atoms with Gasteiger partial charge in [0.15, 0.2) is 17.4 Å². The maximum Gasteiger partial charge on any atom is 0.257 e. The molecular weight excluding hydrogens is 560 g/mol.